The molecule has 0 fully saturated rings. The second kappa shape index (κ2) is 5.55. The molecule has 0 unspecified atom stereocenters. The SMILES string of the molecule is O=C(CC[N+](=O)[O-])CC([N+](=O)[O-])([N+](=O)[O-])[N+](=O)[O-]. The lowest BCUT2D eigenvalue weighted by atomic mass is 10.1. The maximum Gasteiger partial charge on any atom is 0.706 e. The van der Waals surface area contributed by atoms with Gasteiger partial charge < -0.3 is 0 Å². The van der Waals surface area contributed by atoms with E-state index < -0.39 is 50.6 Å². The van der Waals surface area contributed by atoms with Crippen LogP contribution in [0.4, 0.5) is 0 Å². The summed E-state index contributed by atoms with van der Waals surface area (Å²) in [6.45, 7) is -0.915. The van der Waals surface area contributed by atoms with Gasteiger partial charge in [0, 0.05) is 4.92 Å². The summed E-state index contributed by atoms with van der Waals surface area (Å²) in [6.07, 6.45) is -2.50. The summed E-state index contributed by atoms with van der Waals surface area (Å²) in [7, 11) is 0. The standard InChI is InChI=1S/C5H6N4O9/c10-4(1-2-6(11)12)3-5(7(13)14,8(15)16)9(17)18/h1-3H2. The lowest BCUT2D eigenvalue weighted by Crippen LogP contribution is -2.54. The number of hydrogen-bond acceptors (Lipinski definition) is 9. The van der Waals surface area contributed by atoms with Crippen LogP contribution in [0.15, 0.2) is 0 Å². The van der Waals surface area contributed by atoms with Gasteiger partial charge in [-0.1, -0.05) is 0 Å². The molecule has 0 saturated heterocycles. The maximum absolute atomic E-state index is 11.1. The third kappa shape index (κ3) is 3.13. The number of Topliss-reactive ketones (excluding diaryl/α,β-unsaturated/α-hetero) is 1. The summed E-state index contributed by atoms with van der Waals surface area (Å²) < 4.78 is 0. The summed E-state index contributed by atoms with van der Waals surface area (Å²) in [4.78, 5) is 45.9. The monoisotopic (exact) mass is 266 g/mol. The Kier molecular flexibility index (Phi) is 4.71. The van der Waals surface area contributed by atoms with Gasteiger partial charge in [0.05, 0.1) is 6.42 Å². The molecular weight excluding hydrogens is 260 g/mol. The van der Waals surface area contributed by atoms with Crippen LogP contribution in [0.3, 0.4) is 0 Å². The van der Waals surface area contributed by atoms with Gasteiger partial charge >= 0.3 is 5.79 Å². The first-order chi connectivity index (χ1) is 8.14. The first kappa shape index (κ1) is 15.3. The van der Waals surface area contributed by atoms with E-state index in [4.69, 9.17) is 0 Å². The van der Waals surface area contributed by atoms with Crippen LogP contribution >= 0.6 is 0 Å². The maximum atomic E-state index is 11.1. The van der Waals surface area contributed by atoms with Crippen molar-refractivity contribution in [2.75, 3.05) is 6.54 Å². The van der Waals surface area contributed by atoms with Gasteiger partial charge in [-0.25, -0.2) is 0 Å². The van der Waals surface area contributed by atoms with Gasteiger partial charge in [-0.3, -0.25) is 45.3 Å². The van der Waals surface area contributed by atoms with E-state index in [0.29, 0.717) is 0 Å². The molecule has 13 heteroatoms. The Hall–Kier alpha value is -2.73. The Balaban J connectivity index is 5.08. The minimum Gasteiger partial charge on any atom is -0.298 e. The van der Waals surface area contributed by atoms with E-state index in [2.05, 4.69) is 0 Å². The molecule has 0 spiro atoms. The number of carbonyl (C=O) groups is 1. The normalized spacial score (nSPS) is 10.7. The van der Waals surface area contributed by atoms with Gasteiger partial charge in [0.15, 0.2) is 20.6 Å². The smallest absolute Gasteiger partial charge is 0.298 e. The Morgan fingerprint density at radius 3 is 1.56 bits per heavy atom. The molecule has 0 heterocycles. The number of ketones is 1. The van der Waals surface area contributed by atoms with Gasteiger partial charge in [0.2, 0.25) is 13.0 Å². The van der Waals surface area contributed by atoms with E-state index in [9.17, 15) is 45.3 Å². The fourth-order valence-electron chi connectivity index (χ4n) is 0.963. The van der Waals surface area contributed by atoms with Crippen molar-refractivity contribution in [2.24, 2.45) is 0 Å². The molecule has 0 aromatic rings. The van der Waals surface area contributed by atoms with E-state index >= 15 is 0 Å². The third-order valence-electron chi connectivity index (χ3n) is 1.88. The topological polar surface area (TPSA) is 190 Å². The fraction of sp³-hybridized carbons (Fsp3) is 0.800. The largest absolute Gasteiger partial charge is 0.706 e. The Morgan fingerprint density at radius 1 is 0.889 bits per heavy atom. The lowest BCUT2D eigenvalue weighted by molar-refractivity contribution is -0.968. The molecule has 0 atom stereocenters. The van der Waals surface area contributed by atoms with Crippen molar-refractivity contribution in [3.8, 4) is 0 Å². The fourth-order valence-corrected chi connectivity index (χ4v) is 0.963. The molecule has 0 aliphatic rings. The molecule has 18 heavy (non-hydrogen) atoms. The molecule has 0 aliphatic heterocycles. The molecule has 0 aliphatic carbocycles. The van der Waals surface area contributed by atoms with E-state index in [1.165, 1.54) is 0 Å². The second-order valence-corrected chi connectivity index (χ2v) is 3.07. The van der Waals surface area contributed by atoms with Crippen molar-refractivity contribution in [1.29, 1.82) is 0 Å². The first-order valence-electron chi connectivity index (χ1n) is 4.21. The number of rotatable bonds is 8. The van der Waals surface area contributed by atoms with Crippen LogP contribution in [-0.2, 0) is 4.79 Å². The zero-order valence-electron chi connectivity index (χ0n) is 8.58. The molecule has 0 rings (SSSR count). The molecule has 0 bridgehead atoms. The van der Waals surface area contributed by atoms with Gasteiger partial charge in [0.25, 0.3) is 0 Å². The number of nitro groups is 4. The van der Waals surface area contributed by atoms with Crippen molar-refractivity contribution in [3.63, 3.8) is 0 Å². The molecule has 0 aromatic carbocycles. The van der Waals surface area contributed by atoms with Crippen LogP contribution in [0.1, 0.15) is 12.8 Å². The lowest BCUT2D eigenvalue weighted by Gasteiger charge is -2.07. The van der Waals surface area contributed by atoms with Crippen molar-refractivity contribution >= 4 is 5.78 Å². The van der Waals surface area contributed by atoms with E-state index in [1.807, 2.05) is 0 Å². The zero-order chi connectivity index (χ0) is 14.5. The van der Waals surface area contributed by atoms with Crippen LogP contribution in [0, 0.1) is 40.5 Å². The molecule has 0 amide bonds. The van der Waals surface area contributed by atoms with Crippen LogP contribution in [-0.4, -0.2) is 37.8 Å². The zero-order valence-corrected chi connectivity index (χ0v) is 8.58. The summed E-state index contributed by atoms with van der Waals surface area (Å²) >= 11 is 0. The second-order valence-electron chi connectivity index (χ2n) is 3.07. The van der Waals surface area contributed by atoms with Crippen molar-refractivity contribution < 1.29 is 24.5 Å². The predicted octanol–water partition coefficient (Wildman–Crippen LogP) is -0.904. The molecule has 13 nitrogen and oxygen atoms in total. The van der Waals surface area contributed by atoms with Crippen LogP contribution in [0.25, 0.3) is 0 Å². The van der Waals surface area contributed by atoms with Crippen molar-refractivity contribution in [2.45, 2.75) is 18.6 Å². The highest BCUT2D eigenvalue weighted by atomic mass is 16.7. The summed E-state index contributed by atoms with van der Waals surface area (Å²) in [5, 5.41) is 41.2. The summed E-state index contributed by atoms with van der Waals surface area (Å²) in [5.74, 6) is -5.20. The molecule has 0 aromatic heterocycles. The molecular formula is C5H6N4O9. The first-order valence-corrected chi connectivity index (χ1v) is 4.21. The Bertz CT molecular complexity index is 381. The molecule has 0 saturated carbocycles. The average Bonchev–Trinajstić information content (AvgIpc) is 2.21. The Labute approximate surface area is 97.0 Å². The van der Waals surface area contributed by atoms with Gasteiger partial charge in [-0.2, -0.15) is 0 Å². The minimum atomic E-state index is -3.90. The van der Waals surface area contributed by atoms with E-state index in [0.717, 1.165) is 0 Å². The molecule has 100 valence electrons. The van der Waals surface area contributed by atoms with Crippen molar-refractivity contribution in [1.82, 2.24) is 0 Å². The highest BCUT2D eigenvalue weighted by Crippen LogP contribution is 2.18. The summed E-state index contributed by atoms with van der Waals surface area (Å²) in [5.41, 5.74) is 0. The number of nitrogens with zero attached hydrogens (tertiary/aromatic N) is 4. The van der Waals surface area contributed by atoms with Crippen molar-refractivity contribution in [3.05, 3.63) is 40.5 Å². The van der Waals surface area contributed by atoms with E-state index in [1.54, 1.807) is 0 Å². The van der Waals surface area contributed by atoms with E-state index in [-0.39, 0.29) is 0 Å². The van der Waals surface area contributed by atoms with Gasteiger partial charge in [0.1, 0.15) is 0 Å². The van der Waals surface area contributed by atoms with Gasteiger partial charge in [-0.05, 0) is 0 Å². The highest BCUT2D eigenvalue weighted by molar-refractivity contribution is 5.79. The predicted molar refractivity (Wildman–Crippen MR) is 49.8 cm³/mol. The number of carbonyl (C=O) groups excluding carboxylic acids is 1. The molecule has 0 N–H and O–H groups in total. The number of hydrogen-bond donors (Lipinski definition) is 0. The van der Waals surface area contributed by atoms with Crippen LogP contribution in [0.2, 0.25) is 0 Å². The molecule has 0 radical (unpaired) electrons. The van der Waals surface area contributed by atoms with Crippen LogP contribution in [0.5, 0.6) is 0 Å². The van der Waals surface area contributed by atoms with Crippen LogP contribution < -0.4 is 0 Å². The summed E-state index contributed by atoms with van der Waals surface area (Å²) in [6, 6.07) is 0. The van der Waals surface area contributed by atoms with Gasteiger partial charge in [-0.15, -0.1) is 0 Å². The highest BCUT2D eigenvalue weighted by Gasteiger charge is 2.71. The Morgan fingerprint density at radius 2 is 1.28 bits per heavy atom. The average molecular weight is 266 g/mol. The minimum absolute atomic E-state index is 0.857. The third-order valence-corrected chi connectivity index (χ3v) is 1.88. The quantitative estimate of drug-likeness (QED) is 0.304.